The van der Waals surface area contributed by atoms with Gasteiger partial charge in [-0.25, -0.2) is 9.37 Å². The van der Waals surface area contributed by atoms with E-state index >= 15 is 0 Å². The number of aryl methyl sites for hydroxylation is 2. The highest BCUT2D eigenvalue weighted by Gasteiger charge is 2.11. The van der Waals surface area contributed by atoms with Gasteiger partial charge >= 0.3 is 0 Å². The monoisotopic (exact) mass is 296 g/mol. The zero-order valence-corrected chi connectivity index (χ0v) is 12.5. The van der Waals surface area contributed by atoms with Crippen LogP contribution in [-0.4, -0.2) is 9.38 Å². The largest absolute Gasteiger partial charge is 0.290 e. The van der Waals surface area contributed by atoms with E-state index in [2.05, 4.69) is 35.4 Å². The summed E-state index contributed by atoms with van der Waals surface area (Å²) in [5.41, 5.74) is 5.56. The summed E-state index contributed by atoms with van der Waals surface area (Å²) in [6.45, 7) is 4.25. The summed E-state index contributed by atoms with van der Waals surface area (Å²) in [5, 5.41) is 0. The molecule has 0 unspecified atom stereocenters. The van der Waals surface area contributed by atoms with Gasteiger partial charge in [0.05, 0.1) is 15.9 Å². The molecule has 4 aromatic rings. The normalized spacial score (nSPS) is 11.6. The summed E-state index contributed by atoms with van der Waals surface area (Å²) in [6.07, 6.45) is 2.02. The van der Waals surface area contributed by atoms with Crippen molar-refractivity contribution >= 4 is 26.5 Å². The first-order valence-corrected chi connectivity index (χ1v) is 7.58. The van der Waals surface area contributed by atoms with Crippen molar-refractivity contribution in [3.63, 3.8) is 0 Å². The van der Waals surface area contributed by atoms with Crippen LogP contribution in [0.4, 0.5) is 4.39 Å². The molecule has 0 N–H and O–H groups in total. The average Bonchev–Trinajstić information content (AvgIpc) is 2.99. The molecule has 2 heterocycles. The number of aromatic nitrogens is 2. The van der Waals surface area contributed by atoms with Crippen molar-refractivity contribution in [1.29, 1.82) is 0 Å². The average molecular weight is 296 g/mol. The fourth-order valence-corrected chi connectivity index (χ4v) is 3.60. The van der Waals surface area contributed by atoms with E-state index in [-0.39, 0.29) is 5.82 Å². The summed E-state index contributed by atoms with van der Waals surface area (Å²) in [4.78, 5) is 5.64. The highest BCUT2D eigenvalue weighted by atomic mass is 32.1. The van der Waals surface area contributed by atoms with E-state index in [9.17, 15) is 4.39 Å². The van der Waals surface area contributed by atoms with Gasteiger partial charge in [-0.2, -0.15) is 0 Å². The molecule has 4 rings (SSSR count). The summed E-state index contributed by atoms with van der Waals surface area (Å²) in [5.74, 6) is -0.226. The fourth-order valence-electron chi connectivity index (χ4n) is 2.51. The highest BCUT2D eigenvalue weighted by molar-refractivity contribution is 7.23. The summed E-state index contributed by atoms with van der Waals surface area (Å²) < 4.78 is 16.4. The molecule has 0 aliphatic heterocycles. The highest BCUT2D eigenvalue weighted by Crippen LogP contribution is 2.31. The van der Waals surface area contributed by atoms with Crippen LogP contribution in [0.1, 0.15) is 11.1 Å². The van der Waals surface area contributed by atoms with Crippen LogP contribution in [-0.2, 0) is 0 Å². The van der Waals surface area contributed by atoms with Crippen LogP contribution in [0.3, 0.4) is 0 Å². The Kier molecular flexibility index (Phi) is 2.62. The third-order valence-corrected chi connectivity index (χ3v) is 4.87. The third-order valence-electron chi connectivity index (χ3n) is 3.85. The van der Waals surface area contributed by atoms with E-state index in [4.69, 9.17) is 0 Å². The van der Waals surface area contributed by atoms with Crippen molar-refractivity contribution in [2.45, 2.75) is 13.8 Å². The maximum atomic E-state index is 13.0. The van der Waals surface area contributed by atoms with E-state index in [1.54, 1.807) is 23.5 Å². The first-order chi connectivity index (χ1) is 10.1. The standard InChI is InChI=1S/C17H13FN2S/c1-10-7-15-16(8-11(10)2)21-17-19-14(9-20(15)17)12-3-5-13(18)6-4-12/h3-9H,1-2H3. The topological polar surface area (TPSA) is 17.3 Å². The van der Waals surface area contributed by atoms with Gasteiger partial charge in [-0.15, -0.1) is 0 Å². The molecule has 4 heteroatoms. The SMILES string of the molecule is Cc1cc2sc3nc(-c4ccc(F)cc4)cn3c2cc1C. The number of hydrogen-bond donors (Lipinski definition) is 0. The van der Waals surface area contributed by atoms with E-state index in [0.29, 0.717) is 0 Å². The van der Waals surface area contributed by atoms with Crippen molar-refractivity contribution in [1.82, 2.24) is 9.38 Å². The molecule has 0 radical (unpaired) electrons. The van der Waals surface area contributed by atoms with Gasteiger partial charge in [0, 0.05) is 11.8 Å². The van der Waals surface area contributed by atoms with Gasteiger partial charge in [0.2, 0.25) is 0 Å². The molecule has 0 saturated carbocycles. The number of hydrogen-bond acceptors (Lipinski definition) is 2. The van der Waals surface area contributed by atoms with Crippen molar-refractivity contribution in [2.24, 2.45) is 0 Å². The molecule has 0 bridgehead atoms. The Balaban J connectivity index is 1.94. The Morgan fingerprint density at radius 2 is 1.76 bits per heavy atom. The Morgan fingerprint density at radius 3 is 2.52 bits per heavy atom. The lowest BCUT2D eigenvalue weighted by Crippen LogP contribution is -1.83. The van der Waals surface area contributed by atoms with Gasteiger partial charge in [0.15, 0.2) is 4.96 Å². The van der Waals surface area contributed by atoms with Crippen molar-refractivity contribution in [3.8, 4) is 11.3 Å². The Hall–Kier alpha value is -2.20. The van der Waals surface area contributed by atoms with Crippen LogP contribution in [0.25, 0.3) is 26.4 Å². The third kappa shape index (κ3) is 1.94. The number of imidazole rings is 1. The Morgan fingerprint density at radius 1 is 1.05 bits per heavy atom. The Bertz CT molecular complexity index is 964. The van der Waals surface area contributed by atoms with E-state index in [1.165, 1.54) is 33.5 Å². The number of benzene rings is 2. The van der Waals surface area contributed by atoms with Crippen LogP contribution in [0, 0.1) is 19.7 Å². The second-order valence-corrected chi connectivity index (χ2v) is 6.30. The fraction of sp³-hybridized carbons (Fsp3) is 0.118. The second kappa shape index (κ2) is 4.40. The molecule has 0 saturated heterocycles. The molecular weight excluding hydrogens is 283 g/mol. The lowest BCUT2D eigenvalue weighted by molar-refractivity contribution is 0.628. The number of rotatable bonds is 1. The Labute approximate surface area is 125 Å². The van der Waals surface area contributed by atoms with Crippen LogP contribution in [0.5, 0.6) is 0 Å². The van der Waals surface area contributed by atoms with E-state index in [1.807, 2.05) is 6.20 Å². The van der Waals surface area contributed by atoms with Gasteiger partial charge in [0.1, 0.15) is 5.82 Å². The zero-order chi connectivity index (χ0) is 14.6. The minimum absolute atomic E-state index is 0.226. The predicted molar refractivity (Wildman–Crippen MR) is 85.4 cm³/mol. The summed E-state index contributed by atoms with van der Waals surface area (Å²) in [7, 11) is 0. The molecule has 0 atom stereocenters. The van der Waals surface area contributed by atoms with Crippen molar-refractivity contribution < 1.29 is 4.39 Å². The molecular formula is C17H13FN2S. The molecule has 2 aromatic heterocycles. The smallest absolute Gasteiger partial charge is 0.195 e. The number of nitrogens with zero attached hydrogens (tertiary/aromatic N) is 2. The maximum absolute atomic E-state index is 13.0. The van der Waals surface area contributed by atoms with Crippen LogP contribution >= 0.6 is 11.3 Å². The van der Waals surface area contributed by atoms with E-state index in [0.717, 1.165) is 16.2 Å². The lowest BCUT2D eigenvalue weighted by Gasteiger charge is -1.99. The van der Waals surface area contributed by atoms with Gasteiger partial charge in [-0.3, -0.25) is 4.40 Å². The number of halogens is 1. The number of thiazole rings is 1. The van der Waals surface area contributed by atoms with Crippen LogP contribution in [0.2, 0.25) is 0 Å². The summed E-state index contributed by atoms with van der Waals surface area (Å²) in [6, 6.07) is 10.9. The molecule has 104 valence electrons. The van der Waals surface area contributed by atoms with Crippen LogP contribution < -0.4 is 0 Å². The zero-order valence-electron chi connectivity index (χ0n) is 11.7. The maximum Gasteiger partial charge on any atom is 0.195 e. The van der Waals surface area contributed by atoms with Gasteiger partial charge in [-0.05, 0) is 61.4 Å². The lowest BCUT2D eigenvalue weighted by atomic mass is 10.1. The second-order valence-electron chi connectivity index (χ2n) is 5.29. The van der Waals surface area contributed by atoms with Crippen LogP contribution in [0.15, 0.2) is 42.6 Å². The molecule has 0 amide bonds. The molecule has 2 aromatic carbocycles. The molecule has 0 aliphatic rings. The first kappa shape index (κ1) is 12.5. The molecule has 2 nitrogen and oxygen atoms in total. The van der Waals surface area contributed by atoms with Gasteiger partial charge in [0.25, 0.3) is 0 Å². The molecule has 0 aliphatic carbocycles. The minimum atomic E-state index is -0.226. The first-order valence-electron chi connectivity index (χ1n) is 6.76. The molecule has 0 spiro atoms. The van der Waals surface area contributed by atoms with Gasteiger partial charge < -0.3 is 0 Å². The molecule has 0 fully saturated rings. The van der Waals surface area contributed by atoms with E-state index < -0.39 is 0 Å². The quantitative estimate of drug-likeness (QED) is 0.484. The molecule has 21 heavy (non-hydrogen) atoms. The predicted octanol–water partition coefficient (Wildman–Crippen LogP) is 4.97. The number of fused-ring (bicyclic) bond motifs is 3. The van der Waals surface area contributed by atoms with Crippen molar-refractivity contribution in [3.05, 3.63) is 59.5 Å². The minimum Gasteiger partial charge on any atom is -0.290 e. The van der Waals surface area contributed by atoms with Crippen molar-refractivity contribution in [2.75, 3.05) is 0 Å². The summed E-state index contributed by atoms with van der Waals surface area (Å²) >= 11 is 1.68. The van der Waals surface area contributed by atoms with Gasteiger partial charge in [-0.1, -0.05) is 11.3 Å².